The lowest BCUT2D eigenvalue weighted by Gasteiger charge is -2.22. The smallest absolute Gasteiger partial charge is 0.408 e. The number of anilines is 1. The molecule has 1 amide bonds. The number of nitriles is 2. The van der Waals surface area contributed by atoms with Crippen LogP contribution in [0.3, 0.4) is 0 Å². The van der Waals surface area contributed by atoms with Gasteiger partial charge in [0.2, 0.25) is 0 Å². The highest BCUT2D eigenvalue weighted by molar-refractivity contribution is 5.81. The number of alkyl carbamates (subject to hydrolysis) is 1. The van der Waals surface area contributed by atoms with Crippen LogP contribution in [0.5, 0.6) is 0 Å². The van der Waals surface area contributed by atoms with E-state index in [1.807, 2.05) is 0 Å². The molecule has 1 atom stereocenters. The zero-order valence-corrected chi connectivity index (χ0v) is 15.7. The molecular weight excluding hydrogens is 348 g/mol. The number of carbonyl (C=O) groups excluding carboxylic acids is 2. The molecule has 0 bridgehead atoms. The predicted molar refractivity (Wildman–Crippen MR) is 98.3 cm³/mol. The predicted octanol–water partition coefficient (Wildman–Crippen LogP) is 2.64. The summed E-state index contributed by atoms with van der Waals surface area (Å²) in [5, 5.41) is 22.7. The zero-order valence-electron chi connectivity index (χ0n) is 15.7. The van der Waals surface area contributed by atoms with Gasteiger partial charge in [0.05, 0.1) is 7.11 Å². The van der Waals surface area contributed by atoms with E-state index < -0.39 is 23.7 Å². The minimum absolute atomic E-state index is 0.0496. The molecule has 1 aromatic rings. The molecule has 0 aliphatic rings. The number of methoxy groups -OCH3 is 1. The van der Waals surface area contributed by atoms with Gasteiger partial charge in [-0.25, -0.2) is 9.59 Å². The molecule has 0 heterocycles. The van der Waals surface area contributed by atoms with Crippen LogP contribution in [-0.4, -0.2) is 30.8 Å². The van der Waals surface area contributed by atoms with Gasteiger partial charge in [-0.15, -0.1) is 0 Å². The molecule has 0 aliphatic heterocycles. The zero-order chi connectivity index (χ0) is 20.4. The number of amides is 1. The van der Waals surface area contributed by atoms with Gasteiger partial charge in [-0.3, -0.25) is 0 Å². The number of benzene rings is 1. The van der Waals surface area contributed by atoms with E-state index in [0.29, 0.717) is 5.69 Å². The first-order valence-electron chi connectivity index (χ1n) is 8.11. The third-order valence-electron chi connectivity index (χ3n) is 3.19. The molecule has 0 saturated carbocycles. The first kappa shape index (κ1) is 21.5. The lowest BCUT2D eigenvalue weighted by molar-refractivity contribution is -0.143. The van der Waals surface area contributed by atoms with Gasteiger partial charge in [0, 0.05) is 18.3 Å². The fraction of sp³-hybridized carbons (Fsp3) is 0.368. The Kier molecular flexibility index (Phi) is 7.84. The number of carbonyl (C=O) groups is 2. The minimum Gasteiger partial charge on any atom is -0.467 e. The Hall–Kier alpha value is -3.52. The molecule has 2 N–H and O–H groups in total. The SMILES string of the molecule is COC(=O)C(Cc1ccc(NC=C(C#N)C#N)cc1)NC(=O)OC(C)(C)C. The highest BCUT2D eigenvalue weighted by atomic mass is 16.6. The van der Waals surface area contributed by atoms with Crippen molar-refractivity contribution in [2.24, 2.45) is 0 Å². The van der Waals surface area contributed by atoms with Gasteiger partial charge >= 0.3 is 12.1 Å². The molecule has 27 heavy (non-hydrogen) atoms. The quantitative estimate of drug-likeness (QED) is 0.582. The van der Waals surface area contributed by atoms with Gasteiger partial charge in [-0.05, 0) is 38.5 Å². The van der Waals surface area contributed by atoms with Crippen molar-refractivity contribution in [2.75, 3.05) is 12.4 Å². The molecule has 1 aromatic carbocycles. The van der Waals surface area contributed by atoms with E-state index in [0.717, 1.165) is 5.56 Å². The van der Waals surface area contributed by atoms with Gasteiger partial charge in [0.1, 0.15) is 29.4 Å². The lowest BCUT2D eigenvalue weighted by atomic mass is 10.1. The maximum atomic E-state index is 12.0. The van der Waals surface area contributed by atoms with Crippen LogP contribution >= 0.6 is 0 Å². The average molecular weight is 370 g/mol. The molecule has 1 unspecified atom stereocenters. The topological polar surface area (TPSA) is 124 Å². The lowest BCUT2D eigenvalue weighted by Crippen LogP contribution is -2.45. The van der Waals surface area contributed by atoms with Crippen molar-refractivity contribution < 1.29 is 19.1 Å². The van der Waals surface area contributed by atoms with Crippen molar-refractivity contribution in [3.63, 3.8) is 0 Å². The van der Waals surface area contributed by atoms with Crippen LogP contribution in [0.25, 0.3) is 0 Å². The average Bonchev–Trinajstić information content (AvgIpc) is 2.61. The standard InChI is InChI=1S/C19H22N4O4/c1-19(2,3)27-18(25)23-16(17(24)26-4)9-13-5-7-15(8-6-13)22-12-14(10-20)11-21/h5-8,12,16,22H,9H2,1-4H3,(H,23,25). The molecule has 0 radical (unpaired) electrons. The van der Waals surface area contributed by atoms with E-state index in [2.05, 4.69) is 10.6 Å². The van der Waals surface area contributed by atoms with Gasteiger partial charge in [0.15, 0.2) is 0 Å². The van der Waals surface area contributed by atoms with Gasteiger partial charge in [-0.1, -0.05) is 12.1 Å². The van der Waals surface area contributed by atoms with Gasteiger partial charge in [-0.2, -0.15) is 10.5 Å². The highest BCUT2D eigenvalue weighted by Gasteiger charge is 2.25. The van der Waals surface area contributed by atoms with E-state index in [9.17, 15) is 9.59 Å². The molecule has 0 saturated heterocycles. The summed E-state index contributed by atoms with van der Waals surface area (Å²) in [6.07, 6.45) is 0.807. The summed E-state index contributed by atoms with van der Waals surface area (Å²) >= 11 is 0. The van der Waals surface area contributed by atoms with Crippen molar-refractivity contribution in [1.29, 1.82) is 10.5 Å². The number of allylic oxidation sites excluding steroid dienone is 1. The second kappa shape index (κ2) is 9.83. The largest absolute Gasteiger partial charge is 0.467 e. The van der Waals surface area contributed by atoms with E-state index in [1.165, 1.54) is 13.3 Å². The highest BCUT2D eigenvalue weighted by Crippen LogP contribution is 2.13. The first-order valence-corrected chi connectivity index (χ1v) is 8.11. The summed E-state index contributed by atoms with van der Waals surface area (Å²) in [7, 11) is 1.24. The maximum Gasteiger partial charge on any atom is 0.408 e. The fourth-order valence-corrected chi connectivity index (χ4v) is 2.00. The van der Waals surface area contributed by atoms with Crippen molar-refractivity contribution >= 4 is 17.7 Å². The van der Waals surface area contributed by atoms with Crippen molar-refractivity contribution in [2.45, 2.75) is 38.8 Å². The van der Waals surface area contributed by atoms with Gasteiger partial charge in [0.25, 0.3) is 0 Å². The minimum atomic E-state index is -0.896. The molecule has 8 nitrogen and oxygen atoms in total. The summed E-state index contributed by atoms with van der Waals surface area (Å²) in [5.74, 6) is -0.585. The Morgan fingerprint density at radius 3 is 2.26 bits per heavy atom. The van der Waals surface area contributed by atoms with Crippen LogP contribution in [0, 0.1) is 22.7 Å². The van der Waals surface area contributed by atoms with Crippen LogP contribution in [0.1, 0.15) is 26.3 Å². The number of nitrogens with zero attached hydrogens (tertiary/aromatic N) is 2. The third kappa shape index (κ3) is 7.93. The number of nitrogens with one attached hydrogen (secondary N) is 2. The number of hydrogen-bond donors (Lipinski definition) is 2. The van der Waals surface area contributed by atoms with Crippen LogP contribution in [0.4, 0.5) is 10.5 Å². The Morgan fingerprint density at radius 2 is 1.78 bits per heavy atom. The molecule has 142 valence electrons. The summed E-state index contributed by atoms with van der Waals surface area (Å²) in [4.78, 5) is 23.9. The number of rotatable bonds is 6. The van der Waals surface area contributed by atoms with Crippen LogP contribution < -0.4 is 10.6 Å². The summed E-state index contributed by atoms with van der Waals surface area (Å²) < 4.78 is 9.91. The van der Waals surface area contributed by atoms with E-state index >= 15 is 0 Å². The van der Waals surface area contributed by atoms with Crippen LogP contribution in [0.2, 0.25) is 0 Å². The van der Waals surface area contributed by atoms with E-state index in [-0.39, 0.29) is 12.0 Å². The second-order valence-electron chi connectivity index (χ2n) is 6.55. The fourth-order valence-electron chi connectivity index (χ4n) is 2.00. The summed E-state index contributed by atoms with van der Waals surface area (Å²) in [5.41, 5.74) is 0.705. The summed E-state index contributed by atoms with van der Waals surface area (Å²) in [6, 6.07) is 9.54. The molecule has 1 rings (SSSR count). The first-order chi connectivity index (χ1) is 12.7. The Morgan fingerprint density at radius 1 is 1.19 bits per heavy atom. The van der Waals surface area contributed by atoms with E-state index in [4.69, 9.17) is 20.0 Å². The molecular formula is C19H22N4O4. The molecule has 0 fully saturated rings. The molecule has 0 spiro atoms. The third-order valence-corrected chi connectivity index (χ3v) is 3.19. The van der Waals surface area contributed by atoms with Crippen molar-refractivity contribution in [3.05, 3.63) is 41.6 Å². The van der Waals surface area contributed by atoms with Crippen LogP contribution in [-0.2, 0) is 20.7 Å². The van der Waals surface area contributed by atoms with Gasteiger partial charge < -0.3 is 20.1 Å². The number of esters is 1. The number of hydrogen-bond acceptors (Lipinski definition) is 7. The molecule has 8 heteroatoms. The molecule has 0 aliphatic carbocycles. The Balaban J connectivity index is 2.80. The maximum absolute atomic E-state index is 12.0. The molecule has 0 aromatic heterocycles. The van der Waals surface area contributed by atoms with Crippen LogP contribution in [0.15, 0.2) is 36.0 Å². The van der Waals surface area contributed by atoms with E-state index in [1.54, 1.807) is 57.2 Å². The Labute approximate surface area is 158 Å². The second-order valence-corrected chi connectivity index (χ2v) is 6.55. The van der Waals surface area contributed by atoms with Crippen molar-refractivity contribution in [3.8, 4) is 12.1 Å². The monoisotopic (exact) mass is 370 g/mol. The number of ether oxygens (including phenoxy) is 2. The summed E-state index contributed by atoms with van der Waals surface area (Å²) in [6.45, 7) is 5.18. The van der Waals surface area contributed by atoms with Crippen molar-refractivity contribution in [1.82, 2.24) is 5.32 Å². The Bertz CT molecular complexity index is 764. The normalized spacial score (nSPS) is 11.2.